The molecule has 1 aromatic rings. The maximum absolute atomic E-state index is 11.4. The zero-order valence-corrected chi connectivity index (χ0v) is 10.7. The van der Waals surface area contributed by atoms with Gasteiger partial charge in [-0.25, -0.2) is 0 Å². The van der Waals surface area contributed by atoms with Gasteiger partial charge in [-0.3, -0.25) is 9.59 Å². The van der Waals surface area contributed by atoms with E-state index in [-0.39, 0.29) is 6.61 Å². The van der Waals surface area contributed by atoms with Gasteiger partial charge in [0.2, 0.25) is 0 Å². The molecule has 0 aliphatic heterocycles. The molecule has 0 spiro atoms. The summed E-state index contributed by atoms with van der Waals surface area (Å²) >= 11 is 0. The Morgan fingerprint density at radius 2 is 2.06 bits per heavy atom. The van der Waals surface area contributed by atoms with Gasteiger partial charge in [0.15, 0.2) is 6.61 Å². The van der Waals surface area contributed by atoms with Crippen molar-refractivity contribution in [2.75, 3.05) is 6.61 Å². The van der Waals surface area contributed by atoms with Gasteiger partial charge in [0.05, 0.1) is 0 Å². The van der Waals surface area contributed by atoms with Crippen molar-refractivity contribution in [3.8, 4) is 5.75 Å². The normalized spacial score (nSPS) is 11.7. The summed E-state index contributed by atoms with van der Waals surface area (Å²) in [4.78, 5) is 22.0. The number of hydrogen-bond donors (Lipinski definition) is 2. The molecule has 1 rings (SSSR count). The summed E-state index contributed by atoms with van der Waals surface area (Å²) in [6, 6.07) is 4.65. The van der Waals surface area contributed by atoms with Crippen molar-refractivity contribution in [1.29, 1.82) is 0 Å². The molecule has 0 radical (unpaired) electrons. The Labute approximate surface area is 106 Å². The summed E-state index contributed by atoms with van der Waals surface area (Å²) in [7, 11) is 0. The van der Waals surface area contributed by atoms with E-state index in [0.29, 0.717) is 5.75 Å². The molecule has 0 aliphatic rings. The van der Waals surface area contributed by atoms with Gasteiger partial charge in [-0.05, 0) is 38.0 Å². The molecule has 0 fully saturated rings. The Morgan fingerprint density at radius 1 is 1.39 bits per heavy atom. The second kappa shape index (κ2) is 6.05. The minimum atomic E-state index is -1.07. The fourth-order valence-electron chi connectivity index (χ4n) is 1.37. The van der Waals surface area contributed by atoms with Crippen LogP contribution in [0.2, 0.25) is 0 Å². The van der Waals surface area contributed by atoms with Crippen molar-refractivity contribution >= 4 is 11.9 Å². The molecule has 5 nitrogen and oxygen atoms in total. The van der Waals surface area contributed by atoms with Crippen molar-refractivity contribution in [2.45, 2.75) is 26.8 Å². The lowest BCUT2D eigenvalue weighted by molar-refractivity contribution is -0.141. The number of carboxylic acid groups (broad SMARTS) is 1. The summed E-state index contributed by atoms with van der Waals surface area (Å²) in [5.74, 6) is -0.894. The van der Waals surface area contributed by atoms with Crippen LogP contribution in [0.1, 0.15) is 18.1 Å². The molecule has 0 saturated heterocycles. The zero-order valence-electron chi connectivity index (χ0n) is 10.7. The fourth-order valence-corrected chi connectivity index (χ4v) is 1.37. The lowest BCUT2D eigenvalue weighted by atomic mass is 10.1. The van der Waals surface area contributed by atoms with Gasteiger partial charge in [0.25, 0.3) is 5.91 Å². The minimum absolute atomic E-state index is 0.193. The Balaban J connectivity index is 2.53. The number of carbonyl (C=O) groups excluding carboxylic acids is 1. The van der Waals surface area contributed by atoms with Gasteiger partial charge in [0.1, 0.15) is 11.8 Å². The first-order valence-corrected chi connectivity index (χ1v) is 5.63. The number of amides is 1. The van der Waals surface area contributed by atoms with Crippen molar-refractivity contribution in [3.05, 3.63) is 29.3 Å². The molecule has 0 saturated carbocycles. The predicted octanol–water partition coefficient (Wildman–Crippen LogP) is 1.27. The Hall–Kier alpha value is -2.04. The van der Waals surface area contributed by atoms with Crippen molar-refractivity contribution in [3.63, 3.8) is 0 Å². The van der Waals surface area contributed by atoms with Gasteiger partial charge in [-0.1, -0.05) is 12.1 Å². The van der Waals surface area contributed by atoms with Crippen molar-refractivity contribution in [1.82, 2.24) is 5.32 Å². The lowest BCUT2D eigenvalue weighted by Gasteiger charge is -2.12. The van der Waals surface area contributed by atoms with E-state index in [0.717, 1.165) is 11.1 Å². The summed E-state index contributed by atoms with van der Waals surface area (Å²) in [5.41, 5.74) is 2.04. The first kappa shape index (κ1) is 14.0. The topological polar surface area (TPSA) is 75.6 Å². The van der Waals surface area contributed by atoms with E-state index in [2.05, 4.69) is 5.32 Å². The Morgan fingerprint density at radius 3 is 2.67 bits per heavy atom. The van der Waals surface area contributed by atoms with Gasteiger partial charge in [-0.15, -0.1) is 0 Å². The smallest absolute Gasteiger partial charge is 0.325 e. The third-order valence-electron chi connectivity index (χ3n) is 2.66. The fraction of sp³-hybridized carbons (Fsp3) is 0.385. The number of hydrogen-bond acceptors (Lipinski definition) is 3. The van der Waals surface area contributed by atoms with E-state index in [9.17, 15) is 9.59 Å². The SMILES string of the molecule is Cc1cccc(OCC(=O)NC(C)C(=O)O)c1C. The quantitative estimate of drug-likeness (QED) is 0.826. The van der Waals surface area contributed by atoms with Crippen LogP contribution in [0.5, 0.6) is 5.75 Å². The maximum atomic E-state index is 11.4. The van der Waals surface area contributed by atoms with Crippen LogP contribution >= 0.6 is 0 Å². The van der Waals surface area contributed by atoms with Crippen LogP contribution in [0, 0.1) is 13.8 Å². The third kappa shape index (κ3) is 3.76. The molecule has 1 aromatic carbocycles. The van der Waals surface area contributed by atoms with Crippen molar-refractivity contribution in [2.24, 2.45) is 0 Å². The number of rotatable bonds is 5. The Bertz CT molecular complexity index is 456. The van der Waals surface area contributed by atoms with E-state index in [1.54, 1.807) is 6.07 Å². The molecule has 1 unspecified atom stereocenters. The average Bonchev–Trinajstić information content (AvgIpc) is 2.31. The van der Waals surface area contributed by atoms with E-state index < -0.39 is 17.9 Å². The highest BCUT2D eigenvalue weighted by molar-refractivity contribution is 5.84. The van der Waals surface area contributed by atoms with Crippen LogP contribution in [-0.2, 0) is 9.59 Å². The molecule has 18 heavy (non-hydrogen) atoms. The minimum Gasteiger partial charge on any atom is -0.483 e. The molecule has 5 heteroatoms. The van der Waals surface area contributed by atoms with Crippen LogP contribution in [0.3, 0.4) is 0 Å². The van der Waals surface area contributed by atoms with Crippen LogP contribution in [0.4, 0.5) is 0 Å². The van der Waals surface area contributed by atoms with Crippen molar-refractivity contribution < 1.29 is 19.4 Å². The van der Waals surface area contributed by atoms with E-state index in [4.69, 9.17) is 9.84 Å². The van der Waals surface area contributed by atoms with Crippen LogP contribution in [0.25, 0.3) is 0 Å². The monoisotopic (exact) mass is 251 g/mol. The van der Waals surface area contributed by atoms with E-state index in [1.165, 1.54) is 6.92 Å². The number of carboxylic acids is 1. The molecule has 2 N–H and O–H groups in total. The number of nitrogens with one attached hydrogen (secondary N) is 1. The molecule has 0 aliphatic carbocycles. The number of aryl methyl sites for hydroxylation is 1. The molecule has 0 heterocycles. The second-order valence-corrected chi connectivity index (χ2v) is 4.11. The lowest BCUT2D eigenvalue weighted by Crippen LogP contribution is -2.40. The highest BCUT2D eigenvalue weighted by Crippen LogP contribution is 2.20. The largest absolute Gasteiger partial charge is 0.483 e. The Kier molecular flexibility index (Phi) is 4.71. The van der Waals surface area contributed by atoms with Crippen LogP contribution in [0.15, 0.2) is 18.2 Å². The first-order valence-electron chi connectivity index (χ1n) is 5.63. The third-order valence-corrected chi connectivity index (χ3v) is 2.66. The number of aliphatic carboxylic acids is 1. The van der Waals surface area contributed by atoms with E-state index in [1.807, 2.05) is 26.0 Å². The van der Waals surface area contributed by atoms with Crippen LogP contribution in [-0.4, -0.2) is 29.6 Å². The summed E-state index contributed by atoms with van der Waals surface area (Å²) in [6.07, 6.45) is 0. The molecule has 98 valence electrons. The van der Waals surface area contributed by atoms with Gasteiger partial charge >= 0.3 is 5.97 Å². The second-order valence-electron chi connectivity index (χ2n) is 4.11. The number of carbonyl (C=O) groups is 2. The van der Waals surface area contributed by atoms with Gasteiger partial charge in [-0.2, -0.15) is 0 Å². The maximum Gasteiger partial charge on any atom is 0.325 e. The number of benzene rings is 1. The van der Waals surface area contributed by atoms with Gasteiger partial charge < -0.3 is 15.2 Å². The molecular weight excluding hydrogens is 234 g/mol. The molecule has 1 amide bonds. The van der Waals surface area contributed by atoms with Gasteiger partial charge in [0, 0.05) is 0 Å². The molecule has 0 aromatic heterocycles. The average molecular weight is 251 g/mol. The molecular formula is C13H17NO4. The first-order chi connectivity index (χ1) is 8.41. The highest BCUT2D eigenvalue weighted by atomic mass is 16.5. The summed E-state index contributed by atoms with van der Waals surface area (Å²) in [5, 5.41) is 11.0. The molecule has 1 atom stereocenters. The standard InChI is InChI=1S/C13H17NO4/c1-8-5-4-6-11(9(8)2)18-7-12(15)14-10(3)13(16)17/h4-6,10H,7H2,1-3H3,(H,14,15)(H,16,17). The predicted molar refractivity (Wildman–Crippen MR) is 66.7 cm³/mol. The van der Waals surface area contributed by atoms with Crippen LogP contribution < -0.4 is 10.1 Å². The molecule has 0 bridgehead atoms. The zero-order chi connectivity index (χ0) is 13.7. The summed E-state index contributed by atoms with van der Waals surface area (Å²) in [6.45, 7) is 5.07. The summed E-state index contributed by atoms with van der Waals surface area (Å²) < 4.78 is 5.36. The highest BCUT2D eigenvalue weighted by Gasteiger charge is 2.14. The van der Waals surface area contributed by atoms with E-state index >= 15 is 0 Å². The number of ether oxygens (including phenoxy) is 1.